The van der Waals surface area contributed by atoms with Crippen LogP contribution in [-0.4, -0.2) is 41.4 Å². The molecule has 2 fully saturated rings. The average molecular weight is 610 g/mol. The molecule has 0 bridgehead atoms. The first kappa shape index (κ1) is 23.0. The molecule has 1 saturated carbocycles. The summed E-state index contributed by atoms with van der Waals surface area (Å²) in [6, 6.07) is 9.83. The number of hydrogen-bond acceptors (Lipinski definition) is 4. The van der Waals surface area contributed by atoms with Crippen molar-refractivity contribution in [2.24, 2.45) is 11.8 Å². The summed E-state index contributed by atoms with van der Waals surface area (Å²) < 4.78 is 32.1. The molecule has 1 aliphatic heterocycles. The van der Waals surface area contributed by atoms with Gasteiger partial charge in [-0.05, 0) is 36.8 Å². The molecule has 28 heavy (non-hydrogen) atoms. The molecule has 2 unspecified atom stereocenters. The van der Waals surface area contributed by atoms with E-state index in [1.165, 1.54) is 12.3 Å². The first-order valence-corrected chi connectivity index (χ1v) is 8.78. The summed E-state index contributed by atoms with van der Waals surface area (Å²) in [7, 11) is 0. The Hall–Kier alpha value is -1.29. The van der Waals surface area contributed by atoms with Gasteiger partial charge in [0, 0.05) is 24.8 Å². The number of Topliss-reactive ketones (excluding diaryl/α,β-unsaturated/α-hetero) is 1. The van der Waals surface area contributed by atoms with E-state index >= 15 is 0 Å². The zero-order chi connectivity index (χ0) is 18.1. The molecule has 146 valence electrons. The molecular formula is C21H22F2N2O2U. The number of fused-ring (bicyclic) bond motifs is 1. The Morgan fingerprint density at radius 1 is 1.18 bits per heavy atom. The average Bonchev–Trinajstić information content (AvgIpc) is 3.16. The Labute approximate surface area is 188 Å². The number of halogens is 2. The molecule has 2 aliphatic rings. The van der Waals surface area contributed by atoms with Crippen molar-refractivity contribution in [3.05, 3.63) is 67.4 Å². The van der Waals surface area contributed by atoms with Crippen LogP contribution < -0.4 is 4.74 Å². The van der Waals surface area contributed by atoms with Gasteiger partial charge in [-0.25, -0.2) is 20.9 Å². The van der Waals surface area contributed by atoms with Gasteiger partial charge in [0.2, 0.25) is 0 Å². The second-order valence-electron chi connectivity index (χ2n) is 7.07. The Morgan fingerprint density at radius 3 is 2.50 bits per heavy atom. The molecule has 2 aromatic rings. The monoisotopic (exact) mass is 610 g/mol. The van der Waals surface area contributed by atoms with Crippen LogP contribution in [0.25, 0.3) is 0 Å². The maximum atomic E-state index is 13.3. The summed E-state index contributed by atoms with van der Waals surface area (Å²) in [5.41, 5.74) is 0.473. The fraction of sp³-hybridized carbons (Fsp3) is 0.381. The first-order chi connectivity index (χ1) is 12.6. The predicted molar refractivity (Wildman–Crippen MR) is 97.2 cm³/mol. The Morgan fingerprint density at radius 2 is 1.89 bits per heavy atom. The van der Waals surface area contributed by atoms with Gasteiger partial charge in [-0.2, -0.15) is 6.07 Å². The van der Waals surface area contributed by atoms with Crippen LogP contribution in [0, 0.1) is 68.1 Å². The van der Waals surface area contributed by atoms with Crippen LogP contribution in [0.1, 0.15) is 23.3 Å². The van der Waals surface area contributed by atoms with Gasteiger partial charge in [-0.15, -0.1) is 0 Å². The van der Waals surface area contributed by atoms with E-state index in [4.69, 9.17) is 4.74 Å². The molecule has 0 amide bonds. The third-order valence-electron chi connectivity index (χ3n) is 5.25. The van der Waals surface area contributed by atoms with E-state index in [9.17, 15) is 13.6 Å². The van der Waals surface area contributed by atoms with Crippen LogP contribution in [-0.2, 0) is 0 Å². The molecule has 0 radical (unpaired) electrons. The normalized spacial score (nSPS) is 23.4. The van der Waals surface area contributed by atoms with Crippen LogP contribution >= 0.6 is 0 Å². The molecule has 4 rings (SSSR count). The summed E-state index contributed by atoms with van der Waals surface area (Å²) in [5.74, 6) is -0.434. The van der Waals surface area contributed by atoms with Gasteiger partial charge in [-0.3, -0.25) is 14.7 Å². The number of benzene rings is 1. The van der Waals surface area contributed by atoms with Crippen LogP contribution in [0.4, 0.5) is 8.78 Å². The molecule has 7 heteroatoms. The number of ketones is 1. The predicted octanol–water partition coefficient (Wildman–Crippen LogP) is 3.58. The van der Waals surface area contributed by atoms with Gasteiger partial charge in [0.15, 0.2) is 17.4 Å². The molecule has 3 atom stereocenters. The van der Waals surface area contributed by atoms with E-state index in [-0.39, 0.29) is 50.4 Å². The molecule has 1 saturated heterocycles. The standard InChI is InChI=1S/C20H19F2N2O2.CH3.U/c21-17-5-4-15(9-18(17)22)26-16-7-13-10-24(11-14(13)8-16)12-20(25)19-3-1-2-6-23-19;;/h1,3-6,9,13-14,16H,7-8,10-12H2;1H3;/q2*-1;+2/t13-,14?,16?;;/m0../s1. The topological polar surface area (TPSA) is 42.4 Å². The Bertz CT molecular complexity index is 792. The van der Waals surface area contributed by atoms with Gasteiger partial charge in [0.05, 0.1) is 12.6 Å². The minimum atomic E-state index is -0.891. The number of pyridine rings is 1. The fourth-order valence-electron chi connectivity index (χ4n) is 4.08. The maximum absolute atomic E-state index is 13.3. The van der Waals surface area contributed by atoms with Crippen LogP contribution in [0.3, 0.4) is 0 Å². The summed E-state index contributed by atoms with van der Waals surface area (Å²) in [6.45, 7) is 2.08. The summed E-state index contributed by atoms with van der Waals surface area (Å²) in [6.07, 6.45) is 3.26. The minimum absolute atomic E-state index is 0. The number of carbonyl (C=O) groups excluding carboxylic acids is 1. The van der Waals surface area contributed by atoms with Gasteiger partial charge in [-0.1, -0.05) is 6.20 Å². The van der Waals surface area contributed by atoms with E-state index in [0.29, 0.717) is 29.8 Å². The molecular weight excluding hydrogens is 588 g/mol. The smallest absolute Gasteiger partial charge is 0.490 e. The SMILES string of the molecule is O=C(CN1CC2CC(Oc3ccc(F)c(F)c3)C[C@H]2C1)c1cc[c-]cn1.[CH3-].[U+2]. The molecule has 4 nitrogen and oxygen atoms in total. The third-order valence-corrected chi connectivity index (χ3v) is 5.25. The quantitative estimate of drug-likeness (QED) is 0.384. The van der Waals surface area contributed by atoms with Gasteiger partial charge in [0.1, 0.15) is 5.75 Å². The van der Waals surface area contributed by atoms with E-state index in [1.54, 1.807) is 12.1 Å². The third kappa shape index (κ3) is 5.20. The number of rotatable bonds is 5. The van der Waals surface area contributed by atoms with Crippen molar-refractivity contribution in [3.63, 3.8) is 0 Å². The summed E-state index contributed by atoms with van der Waals surface area (Å²) in [4.78, 5) is 18.5. The van der Waals surface area contributed by atoms with Crippen molar-refractivity contribution in [1.29, 1.82) is 0 Å². The Balaban J connectivity index is 0.00000140. The molecule has 0 N–H and O–H groups in total. The minimum Gasteiger partial charge on any atom is -0.490 e. The second-order valence-corrected chi connectivity index (χ2v) is 7.07. The van der Waals surface area contributed by atoms with E-state index in [2.05, 4.69) is 16.0 Å². The van der Waals surface area contributed by atoms with E-state index < -0.39 is 11.6 Å². The van der Waals surface area contributed by atoms with Crippen LogP contribution in [0.15, 0.2) is 36.5 Å². The van der Waals surface area contributed by atoms with Gasteiger partial charge < -0.3 is 12.2 Å². The number of carbonyl (C=O) groups is 1. The largest absolute Gasteiger partial charge is 2.00 e. The van der Waals surface area contributed by atoms with Crippen molar-refractivity contribution in [2.75, 3.05) is 19.6 Å². The molecule has 1 aromatic carbocycles. The summed E-state index contributed by atoms with van der Waals surface area (Å²) >= 11 is 0. The number of likely N-dealkylation sites (tertiary alicyclic amines) is 1. The number of hydrogen-bond donors (Lipinski definition) is 0. The van der Waals surface area contributed by atoms with E-state index in [1.807, 2.05) is 0 Å². The zero-order valence-electron chi connectivity index (χ0n) is 15.7. The summed E-state index contributed by atoms with van der Waals surface area (Å²) in [5, 5.41) is 0. The van der Waals surface area contributed by atoms with E-state index in [0.717, 1.165) is 38.1 Å². The Kier molecular flexibility index (Phi) is 8.18. The molecule has 1 aliphatic carbocycles. The van der Waals surface area contributed by atoms with Crippen molar-refractivity contribution in [2.45, 2.75) is 18.9 Å². The van der Waals surface area contributed by atoms with Crippen molar-refractivity contribution in [1.82, 2.24) is 9.88 Å². The van der Waals surface area contributed by atoms with Crippen LogP contribution in [0.2, 0.25) is 0 Å². The number of ether oxygens (including phenoxy) is 1. The van der Waals surface area contributed by atoms with Crippen LogP contribution in [0.5, 0.6) is 5.75 Å². The van der Waals surface area contributed by atoms with Crippen molar-refractivity contribution < 1.29 is 49.4 Å². The van der Waals surface area contributed by atoms with Crippen molar-refractivity contribution >= 4 is 5.78 Å². The van der Waals surface area contributed by atoms with Gasteiger partial charge >= 0.3 is 31.1 Å². The molecule has 0 spiro atoms. The van der Waals surface area contributed by atoms with Gasteiger partial charge in [0.25, 0.3) is 0 Å². The maximum Gasteiger partial charge on any atom is 2.00 e. The molecule has 2 heterocycles. The zero-order valence-corrected chi connectivity index (χ0v) is 19.9. The second kappa shape index (κ2) is 9.96. The number of aromatic nitrogens is 1. The fourth-order valence-corrected chi connectivity index (χ4v) is 4.08. The first-order valence-electron chi connectivity index (χ1n) is 8.78. The van der Waals surface area contributed by atoms with Crippen molar-refractivity contribution in [3.8, 4) is 5.75 Å². The number of nitrogens with zero attached hydrogens (tertiary/aromatic N) is 2. The molecule has 1 aromatic heterocycles.